The fraction of sp³-hybridized carbons (Fsp3) is 0.146. The van der Waals surface area contributed by atoms with Crippen molar-refractivity contribution in [3.63, 3.8) is 0 Å². The molecule has 0 aliphatic carbocycles. The van der Waals surface area contributed by atoms with Crippen LogP contribution in [0.5, 0.6) is 0 Å². The molecular formula is C41H30F12IrN10Na2O3-2. The van der Waals surface area contributed by atoms with Crippen LogP contribution in [-0.2, 0) is 68.6 Å². The number of alkyl halides is 12. The SMILES string of the molecule is Cn1cc(C(F)(F)F)nc1-c1[c-]cccc1.Cn1cc(C(F)(F)F)nc1-c1ccccc1.FC(F)(F)c1cc(-c2ccccn2)[n-]n1.FC(F)(F)c1cc(-c2ccccn2)n[nH]1.O=CO[O-].[H-].[Ir].[Na+].[Na+]. The average Bonchev–Trinajstić information content (AvgIpc) is 4.12. The molecule has 8 rings (SSSR count). The molecule has 0 aliphatic rings. The second kappa shape index (κ2) is 27.9. The molecule has 0 fully saturated rings. The average molecular weight is 1180 g/mol. The molecule has 1 radical (unpaired) electrons. The topological polar surface area (TPSA) is 166 Å². The number of rotatable bonds is 5. The van der Waals surface area contributed by atoms with Gasteiger partial charge in [-0.25, -0.2) is 4.98 Å². The van der Waals surface area contributed by atoms with E-state index in [0.29, 0.717) is 28.3 Å². The van der Waals surface area contributed by atoms with Crippen molar-refractivity contribution in [2.24, 2.45) is 14.1 Å². The Morgan fingerprint density at radius 2 is 1.14 bits per heavy atom. The number of halogens is 12. The Balaban J connectivity index is 0.000000867. The Bertz CT molecular complexity index is 2530. The molecule has 13 nitrogen and oxygen atoms in total. The van der Waals surface area contributed by atoms with Gasteiger partial charge in [-0.15, -0.1) is 35.9 Å². The van der Waals surface area contributed by atoms with Gasteiger partial charge in [0.05, 0.1) is 11.5 Å². The molecule has 6 heterocycles. The fourth-order valence-corrected chi connectivity index (χ4v) is 5.03. The van der Waals surface area contributed by atoms with Gasteiger partial charge in [0.1, 0.15) is 22.9 Å². The first-order valence-electron chi connectivity index (χ1n) is 18.0. The third kappa shape index (κ3) is 19.3. The van der Waals surface area contributed by atoms with Crippen LogP contribution < -0.4 is 69.5 Å². The molecule has 69 heavy (non-hydrogen) atoms. The van der Waals surface area contributed by atoms with Gasteiger partial charge in [0.2, 0.25) is 0 Å². The van der Waals surface area contributed by atoms with Crippen molar-refractivity contribution < 1.29 is 148 Å². The minimum absolute atomic E-state index is 0. The molecule has 6 aromatic heterocycles. The number of hydrogen-bond acceptors (Lipinski definition) is 9. The first kappa shape index (κ1) is 61.8. The van der Waals surface area contributed by atoms with Gasteiger partial charge >= 0.3 is 83.8 Å². The van der Waals surface area contributed by atoms with Crippen molar-refractivity contribution in [1.82, 2.24) is 49.5 Å². The van der Waals surface area contributed by atoms with E-state index in [1.54, 1.807) is 98.0 Å². The Labute approximate surface area is 442 Å². The molecule has 0 amide bonds. The van der Waals surface area contributed by atoms with E-state index in [4.69, 9.17) is 10.1 Å². The van der Waals surface area contributed by atoms with Gasteiger partial charge in [-0.2, -0.15) is 57.8 Å². The van der Waals surface area contributed by atoms with Crippen LogP contribution >= 0.6 is 0 Å². The minimum atomic E-state index is -4.46. The zero-order valence-corrected chi connectivity index (χ0v) is 42.2. The van der Waals surface area contributed by atoms with E-state index in [9.17, 15) is 52.7 Å². The number of carbonyl (C=O) groups excluding carboxylic acids is 1. The summed E-state index contributed by atoms with van der Waals surface area (Å²) in [4.78, 5) is 26.2. The number of carbonyl (C=O) groups is 1. The van der Waals surface area contributed by atoms with E-state index in [2.05, 4.69) is 46.2 Å². The van der Waals surface area contributed by atoms with Crippen molar-refractivity contribution in [3.05, 3.63) is 157 Å². The number of H-pyrrole nitrogens is 1. The second-order valence-electron chi connectivity index (χ2n) is 12.7. The zero-order chi connectivity index (χ0) is 48.7. The summed E-state index contributed by atoms with van der Waals surface area (Å²) < 4.78 is 150. The van der Waals surface area contributed by atoms with Crippen LogP contribution in [0.4, 0.5) is 52.7 Å². The Kier molecular flexibility index (Phi) is 25.0. The van der Waals surface area contributed by atoms with Crippen LogP contribution in [0, 0.1) is 6.07 Å². The number of hydrogen-bond donors (Lipinski definition) is 1. The summed E-state index contributed by atoms with van der Waals surface area (Å²) in [5, 5.41) is 20.4. The van der Waals surface area contributed by atoms with Crippen molar-refractivity contribution in [2.45, 2.75) is 24.7 Å². The summed E-state index contributed by atoms with van der Waals surface area (Å²) in [6.07, 6.45) is -12.7. The molecule has 0 aliphatic heterocycles. The number of imidazole rings is 2. The number of nitrogens with one attached hydrogen (secondary N) is 1. The summed E-state index contributed by atoms with van der Waals surface area (Å²) in [5.74, 6) is 0.570. The molecule has 0 bridgehead atoms. The quantitative estimate of drug-likeness (QED) is 0.0676. The molecule has 0 unspecified atom stereocenters. The summed E-state index contributed by atoms with van der Waals surface area (Å²) in [6.45, 7) is -0.181. The maximum absolute atomic E-state index is 12.4. The van der Waals surface area contributed by atoms with E-state index in [-0.39, 0.29) is 104 Å². The molecule has 0 saturated carbocycles. The van der Waals surface area contributed by atoms with E-state index >= 15 is 0 Å². The Morgan fingerprint density at radius 1 is 0.652 bits per heavy atom. The predicted molar refractivity (Wildman–Crippen MR) is 207 cm³/mol. The van der Waals surface area contributed by atoms with Gasteiger partial charge in [0, 0.05) is 70.2 Å². The fourth-order valence-electron chi connectivity index (χ4n) is 5.03. The van der Waals surface area contributed by atoms with Crippen molar-refractivity contribution in [3.8, 4) is 45.6 Å². The Hall–Kier alpha value is -5.18. The number of nitrogens with zero attached hydrogens (tertiary/aromatic N) is 9. The van der Waals surface area contributed by atoms with Crippen LogP contribution in [-0.4, -0.2) is 50.8 Å². The number of pyridine rings is 2. The van der Waals surface area contributed by atoms with Crippen molar-refractivity contribution >= 4 is 6.47 Å². The number of aryl methyl sites for hydroxylation is 2. The molecule has 1 N–H and O–H groups in total. The smallest absolute Gasteiger partial charge is 1.00 e. The Morgan fingerprint density at radius 3 is 1.57 bits per heavy atom. The number of benzene rings is 2. The molecule has 359 valence electrons. The van der Waals surface area contributed by atoms with Gasteiger partial charge in [-0.3, -0.25) is 24.8 Å². The minimum Gasteiger partial charge on any atom is -1.00 e. The first-order valence-corrected chi connectivity index (χ1v) is 18.0. The normalized spacial score (nSPS) is 10.8. The third-order valence-electron chi connectivity index (χ3n) is 7.92. The van der Waals surface area contributed by atoms with E-state index in [0.717, 1.165) is 24.5 Å². The summed E-state index contributed by atoms with van der Waals surface area (Å²) in [7, 11) is 3.07. The standard InChI is InChI=1S/C11H9F3N2.C11H8F3N2.C9H6F3N3.C9H5F3N3.CH2O3.Ir.2Na.H/c2*1-16-7-9(11(12,13)14)15-10(16)8-5-3-2-4-6-8;2*10-9(11,12)8-5-7(14-15-8)6-3-1-2-4-13-6;2-1-4-3;;;;/h2-7H,1H3;2-5,7H,1H3;1-5H,(H,14,15);1-5H;1,3H;;;;/q;-1;;-1;;;2*+1;-1/p-1. The molecule has 0 saturated heterocycles. The van der Waals surface area contributed by atoms with Crippen LogP contribution in [0.2, 0.25) is 0 Å². The van der Waals surface area contributed by atoms with Gasteiger partial charge in [-0.1, -0.05) is 48.2 Å². The number of aromatic nitrogens is 10. The molecule has 0 atom stereocenters. The number of aromatic amines is 1. The van der Waals surface area contributed by atoms with Crippen LogP contribution in [0.15, 0.2) is 128 Å². The van der Waals surface area contributed by atoms with Crippen molar-refractivity contribution in [1.29, 1.82) is 0 Å². The van der Waals surface area contributed by atoms with Gasteiger partial charge in [-0.05, 0) is 36.4 Å². The maximum atomic E-state index is 12.4. The van der Waals surface area contributed by atoms with Gasteiger partial charge in [0.15, 0.2) is 11.4 Å². The molecule has 0 spiro atoms. The van der Waals surface area contributed by atoms with Crippen molar-refractivity contribution in [2.75, 3.05) is 0 Å². The third-order valence-corrected chi connectivity index (χ3v) is 7.92. The van der Waals surface area contributed by atoms with E-state index in [1.807, 2.05) is 5.10 Å². The summed E-state index contributed by atoms with van der Waals surface area (Å²) in [6, 6.07) is 30.1. The summed E-state index contributed by atoms with van der Waals surface area (Å²) in [5.41, 5.74) is -1.32. The van der Waals surface area contributed by atoms with Crippen LogP contribution in [0.1, 0.15) is 24.2 Å². The van der Waals surface area contributed by atoms with Gasteiger partial charge < -0.3 is 30.9 Å². The summed E-state index contributed by atoms with van der Waals surface area (Å²) >= 11 is 0. The monoisotopic (exact) mass is 1180 g/mol. The van der Waals surface area contributed by atoms with E-state index in [1.165, 1.54) is 28.6 Å². The predicted octanol–water partition coefficient (Wildman–Crippen LogP) is 3.17. The van der Waals surface area contributed by atoms with E-state index < -0.39 is 47.5 Å². The van der Waals surface area contributed by atoms with Gasteiger partial charge in [0.25, 0.3) is 6.47 Å². The van der Waals surface area contributed by atoms with Crippen LogP contribution in [0.3, 0.4) is 0 Å². The maximum Gasteiger partial charge on any atom is 1.00 e. The molecule has 2 aromatic carbocycles. The molecular weight excluding hydrogens is 1150 g/mol. The zero-order valence-electron chi connectivity index (χ0n) is 36.8. The first-order chi connectivity index (χ1) is 31.0. The molecule has 28 heteroatoms. The largest absolute Gasteiger partial charge is 1.00 e. The molecule has 8 aromatic rings. The second-order valence-corrected chi connectivity index (χ2v) is 12.7. The van der Waals surface area contributed by atoms with Crippen LogP contribution in [0.25, 0.3) is 45.6 Å².